The summed E-state index contributed by atoms with van der Waals surface area (Å²) < 4.78 is 19.7. The van der Waals surface area contributed by atoms with E-state index in [0.717, 1.165) is 0 Å². The molecule has 0 unspecified atom stereocenters. The first-order chi connectivity index (χ1) is 19.5. The van der Waals surface area contributed by atoms with Crippen molar-refractivity contribution in [3.63, 3.8) is 0 Å². The van der Waals surface area contributed by atoms with Gasteiger partial charge < -0.3 is 9.64 Å². The molecule has 0 saturated carbocycles. The third kappa shape index (κ3) is 3.16. The van der Waals surface area contributed by atoms with E-state index in [0.29, 0.717) is 39.3 Å². The average Bonchev–Trinajstić information content (AvgIpc) is 3.43. The van der Waals surface area contributed by atoms with Crippen LogP contribution in [0.15, 0.2) is 103 Å². The molecule has 3 aliphatic rings. The monoisotopic (exact) mass is 529 g/mol. The van der Waals surface area contributed by atoms with Gasteiger partial charge in [-0.15, -0.1) is 0 Å². The van der Waals surface area contributed by atoms with Gasteiger partial charge in [0.15, 0.2) is 17.3 Å². The van der Waals surface area contributed by atoms with E-state index in [-0.39, 0.29) is 17.3 Å². The highest BCUT2D eigenvalue weighted by molar-refractivity contribution is 6.32. The molecular formula is C34H24FNO4. The fourth-order valence-electron chi connectivity index (χ4n) is 6.93. The summed E-state index contributed by atoms with van der Waals surface area (Å²) in [5.41, 5.74) is 1.43. The minimum Gasteiger partial charge on any atom is -0.497 e. The third-order valence-electron chi connectivity index (χ3n) is 8.55. The number of methoxy groups -OCH3 is 1. The van der Waals surface area contributed by atoms with Gasteiger partial charge in [0.1, 0.15) is 23.0 Å². The number of ether oxygens (including phenoxy) is 1. The number of halogens is 1. The lowest BCUT2D eigenvalue weighted by molar-refractivity contribution is 0.0666. The van der Waals surface area contributed by atoms with Crippen molar-refractivity contribution in [2.75, 3.05) is 12.0 Å². The molecule has 6 heteroatoms. The maximum absolute atomic E-state index is 14.6. The lowest BCUT2D eigenvalue weighted by atomic mass is 9.64. The van der Waals surface area contributed by atoms with Crippen LogP contribution in [0.5, 0.6) is 5.75 Å². The van der Waals surface area contributed by atoms with Gasteiger partial charge in [-0.3, -0.25) is 14.4 Å². The molecule has 0 radical (unpaired) electrons. The number of Topliss-reactive ketones (excluding diaryl/α,β-unsaturated/α-hetero) is 3. The summed E-state index contributed by atoms with van der Waals surface area (Å²) in [4.78, 5) is 45.6. The van der Waals surface area contributed by atoms with Crippen LogP contribution in [-0.4, -0.2) is 36.5 Å². The second-order valence-electron chi connectivity index (χ2n) is 10.4. The van der Waals surface area contributed by atoms with E-state index in [1.807, 2.05) is 35.2 Å². The smallest absolute Gasteiger partial charge is 0.186 e. The van der Waals surface area contributed by atoms with Crippen molar-refractivity contribution < 1.29 is 23.5 Å². The minimum absolute atomic E-state index is 0.253. The van der Waals surface area contributed by atoms with Crippen molar-refractivity contribution in [2.24, 2.45) is 5.41 Å². The SMILES string of the molecule is COc1cccc(C(=O)[C@@H]2[C@@H](c3ccccc3)C3(C(=O)c4ccccc4C3=O)[C@H]3C=Cc4cc(F)ccc4N23)c1. The molecule has 0 N–H and O–H groups in total. The third-order valence-corrected chi connectivity index (χ3v) is 8.55. The van der Waals surface area contributed by atoms with Crippen molar-refractivity contribution in [3.8, 4) is 5.75 Å². The number of carbonyl (C=O) groups excluding carboxylic acids is 3. The van der Waals surface area contributed by atoms with Gasteiger partial charge in [-0.1, -0.05) is 78.9 Å². The van der Waals surface area contributed by atoms with Gasteiger partial charge in [-0.25, -0.2) is 4.39 Å². The summed E-state index contributed by atoms with van der Waals surface area (Å²) in [6.45, 7) is 0. The number of hydrogen-bond acceptors (Lipinski definition) is 5. The molecule has 1 fully saturated rings. The van der Waals surface area contributed by atoms with Crippen molar-refractivity contribution in [1.82, 2.24) is 0 Å². The molecular weight excluding hydrogens is 505 g/mol. The molecule has 1 spiro atoms. The second kappa shape index (κ2) is 8.85. The predicted octanol–water partition coefficient (Wildman–Crippen LogP) is 6.15. The summed E-state index contributed by atoms with van der Waals surface area (Å²) in [6, 6.07) is 25.7. The zero-order valence-corrected chi connectivity index (χ0v) is 21.6. The van der Waals surface area contributed by atoms with Crippen LogP contribution in [0.1, 0.15) is 48.1 Å². The second-order valence-corrected chi connectivity index (χ2v) is 10.4. The van der Waals surface area contributed by atoms with Gasteiger partial charge in [0, 0.05) is 33.9 Å². The molecule has 3 atom stereocenters. The van der Waals surface area contributed by atoms with E-state index in [1.54, 1.807) is 66.7 Å². The quantitative estimate of drug-likeness (QED) is 0.234. The van der Waals surface area contributed by atoms with E-state index in [4.69, 9.17) is 4.74 Å². The Labute approximate surface area is 230 Å². The average molecular weight is 530 g/mol. The van der Waals surface area contributed by atoms with Crippen molar-refractivity contribution in [3.05, 3.63) is 137 Å². The molecule has 0 bridgehead atoms. The van der Waals surface area contributed by atoms with Crippen LogP contribution in [0, 0.1) is 11.2 Å². The molecule has 1 aliphatic carbocycles. The molecule has 4 aromatic rings. The number of fused-ring (bicyclic) bond motifs is 5. The number of ketones is 3. The van der Waals surface area contributed by atoms with Gasteiger partial charge >= 0.3 is 0 Å². The van der Waals surface area contributed by atoms with Gasteiger partial charge in [-0.2, -0.15) is 0 Å². The molecule has 2 aliphatic heterocycles. The van der Waals surface area contributed by atoms with Crippen molar-refractivity contribution in [2.45, 2.75) is 18.0 Å². The number of nitrogens with zero attached hydrogens (tertiary/aromatic N) is 1. The van der Waals surface area contributed by atoms with Crippen LogP contribution in [0.2, 0.25) is 0 Å². The summed E-state index contributed by atoms with van der Waals surface area (Å²) in [6.07, 6.45) is 3.55. The van der Waals surface area contributed by atoms with Crippen LogP contribution in [0.25, 0.3) is 6.08 Å². The summed E-state index contributed by atoms with van der Waals surface area (Å²) in [7, 11) is 1.53. The Bertz CT molecular complexity index is 1710. The number of rotatable bonds is 4. The Morgan fingerprint density at radius 2 is 1.55 bits per heavy atom. The Balaban J connectivity index is 1.54. The largest absolute Gasteiger partial charge is 0.497 e. The van der Waals surface area contributed by atoms with E-state index in [1.165, 1.54) is 19.2 Å². The maximum Gasteiger partial charge on any atom is 0.186 e. The molecule has 4 aromatic carbocycles. The highest BCUT2D eigenvalue weighted by Crippen LogP contribution is 2.61. The van der Waals surface area contributed by atoms with Crippen LogP contribution in [0.3, 0.4) is 0 Å². The molecule has 5 nitrogen and oxygen atoms in total. The lowest BCUT2D eigenvalue weighted by Crippen LogP contribution is -2.48. The molecule has 1 saturated heterocycles. The first-order valence-corrected chi connectivity index (χ1v) is 13.1. The topological polar surface area (TPSA) is 63.7 Å². The minimum atomic E-state index is -1.59. The first kappa shape index (κ1) is 24.2. The Hall–Kier alpha value is -4.84. The van der Waals surface area contributed by atoms with Gasteiger partial charge in [-0.05, 0) is 35.9 Å². The van der Waals surface area contributed by atoms with E-state index >= 15 is 0 Å². The van der Waals surface area contributed by atoms with E-state index < -0.39 is 29.2 Å². The molecule has 40 heavy (non-hydrogen) atoms. The summed E-state index contributed by atoms with van der Waals surface area (Å²) >= 11 is 0. The van der Waals surface area contributed by atoms with Gasteiger partial charge in [0.2, 0.25) is 0 Å². The molecule has 196 valence electrons. The standard InChI is InChI=1S/C34H24FNO4/c1-40-24-11-7-10-22(19-24)31(37)30-29(20-8-3-2-4-9-20)34(32(38)25-12-5-6-13-26(25)33(34)39)28-17-14-21-18-23(35)15-16-27(21)36(28)30/h2-19,28-30H,1H3/t28-,29-,30+/m1/s1. The summed E-state index contributed by atoms with van der Waals surface area (Å²) in [5.74, 6) is -1.55. The number of carbonyl (C=O) groups is 3. The van der Waals surface area contributed by atoms with E-state index in [9.17, 15) is 18.8 Å². The van der Waals surface area contributed by atoms with Crippen LogP contribution in [0.4, 0.5) is 10.1 Å². The molecule has 0 amide bonds. The lowest BCUT2D eigenvalue weighted by Gasteiger charge is -2.37. The fourth-order valence-corrected chi connectivity index (χ4v) is 6.93. The van der Waals surface area contributed by atoms with E-state index in [2.05, 4.69) is 0 Å². The fraction of sp³-hybridized carbons (Fsp3) is 0.147. The highest BCUT2D eigenvalue weighted by Gasteiger charge is 2.71. The zero-order valence-electron chi connectivity index (χ0n) is 21.6. The Kier molecular flexibility index (Phi) is 5.36. The van der Waals surface area contributed by atoms with Crippen molar-refractivity contribution in [1.29, 1.82) is 0 Å². The highest BCUT2D eigenvalue weighted by atomic mass is 19.1. The summed E-state index contributed by atoms with van der Waals surface area (Å²) in [5, 5.41) is 0. The Morgan fingerprint density at radius 3 is 2.25 bits per heavy atom. The number of hydrogen-bond donors (Lipinski definition) is 0. The predicted molar refractivity (Wildman–Crippen MR) is 150 cm³/mol. The molecule has 2 heterocycles. The normalized spacial score (nSPS) is 21.8. The molecule has 7 rings (SSSR count). The first-order valence-electron chi connectivity index (χ1n) is 13.1. The van der Waals surface area contributed by atoms with Crippen molar-refractivity contribution >= 4 is 29.1 Å². The number of anilines is 1. The van der Waals surface area contributed by atoms with Crippen LogP contribution < -0.4 is 9.64 Å². The van der Waals surface area contributed by atoms with Crippen LogP contribution >= 0.6 is 0 Å². The Morgan fingerprint density at radius 1 is 0.850 bits per heavy atom. The molecule has 0 aromatic heterocycles. The van der Waals surface area contributed by atoms with Crippen LogP contribution in [-0.2, 0) is 0 Å². The maximum atomic E-state index is 14.6. The number of benzene rings is 4. The van der Waals surface area contributed by atoms with Gasteiger partial charge in [0.25, 0.3) is 0 Å². The van der Waals surface area contributed by atoms with Gasteiger partial charge in [0.05, 0.1) is 13.2 Å². The zero-order chi connectivity index (χ0) is 27.6.